The van der Waals surface area contributed by atoms with Gasteiger partial charge in [-0.15, -0.1) is 0 Å². The zero-order valence-electron chi connectivity index (χ0n) is 12.9. The first-order chi connectivity index (χ1) is 10.9. The average molecular weight is 290 g/mol. The SMILES string of the molecule is N#CC[C@H]1C[C@@H](c2ccccc2)CCN1Cc1ccccc1. The first-order valence-electron chi connectivity index (χ1n) is 8.06. The average Bonchev–Trinajstić information content (AvgIpc) is 2.58. The maximum absolute atomic E-state index is 9.18. The van der Waals surface area contributed by atoms with Gasteiger partial charge in [-0.3, -0.25) is 4.90 Å². The van der Waals surface area contributed by atoms with E-state index in [9.17, 15) is 5.26 Å². The lowest BCUT2D eigenvalue weighted by Gasteiger charge is -2.39. The minimum atomic E-state index is 0.365. The summed E-state index contributed by atoms with van der Waals surface area (Å²) in [5, 5.41) is 9.18. The maximum atomic E-state index is 9.18. The van der Waals surface area contributed by atoms with Crippen molar-refractivity contribution in [1.82, 2.24) is 4.90 Å². The van der Waals surface area contributed by atoms with E-state index in [4.69, 9.17) is 0 Å². The number of benzene rings is 2. The van der Waals surface area contributed by atoms with Gasteiger partial charge >= 0.3 is 0 Å². The third kappa shape index (κ3) is 3.55. The molecular formula is C20H22N2. The van der Waals surface area contributed by atoms with E-state index in [0.717, 1.165) is 19.5 Å². The fourth-order valence-electron chi connectivity index (χ4n) is 3.47. The third-order valence-corrected chi connectivity index (χ3v) is 4.66. The molecule has 0 unspecified atom stereocenters. The minimum absolute atomic E-state index is 0.365. The molecule has 0 bridgehead atoms. The van der Waals surface area contributed by atoms with Crippen LogP contribution >= 0.6 is 0 Å². The summed E-state index contributed by atoms with van der Waals surface area (Å²) in [4.78, 5) is 2.48. The normalized spacial score (nSPS) is 22.1. The van der Waals surface area contributed by atoms with Crippen molar-refractivity contribution < 1.29 is 0 Å². The number of nitriles is 1. The quantitative estimate of drug-likeness (QED) is 0.837. The predicted molar refractivity (Wildman–Crippen MR) is 89.3 cm³/mol. The lowest BCUT2D eigenvalue weighted by atomic mass is 9.84. The Balaban J connectivity index is 1.70. The monoisotopic (exact) mass is 290 g/mol. The molecule has 1 saturated heterocycles. The van der Waals surface area contributed by atoms with Crippen LogP contribution in [0.4, 0.5) is 0 Å². The molecule has 112 valence electrons. The Morgan fingerprint density at radius 1 is 1.00 bits per heavy atom. The van der Waals surface area contributed by atoms with Crippen LogP contribution in [0.3, 0.4) is 0 Å². The molecule has 0 aromatic heterocycles. The number of piperidine rings is 1. The molecule has 3 rings (SSSR count). The summed E-state index contributed by atoms with van der Waals surface area (Å²) < 4.78 is 0. The molecule has 0 spiro atoms. The van der Waals surface area contributed by atoms with Crippen LogP contribution in [0.2, 0.25) is 0 Å². The fraction of sp³-hybridized carbons (Fsp3) is 0.350. The van der Waals surface area contributed by atoms with Gasteiger partial charge in [0.25, 0.3) is 0 Å². The van der Waals surface area contributed by atoms with Crippen LogP contribution in [0.1, 0.15) is 36.3 Å². The third-order valence-electron chi connectivity index (χ3n) is 4.66. The first kappa shape index (κ1) is 14.8. The summed E-state index contributed by atoms with van der Waals surface area (Å²) in [5.41, 5.74) is 2.76. The van der Waals surface area contributed by atoms with Crippen LogP contribution in [-0.4, -0.2) is 17.5 Å². The number of likely N-dealkylation sites (tertiary alicyclic amines) is 1. The van der Waals surface area contributed by atoms with E-state index in [-0.39, 0.29) is 0 Å². The van der Waals surface area contributed by atoms with Gasteiger partial charge in [-0.1, -0.05) is 60.7 Å². The summed E-state index contributed by atoms with van der Waals surface area (Å²) >= 11 is 0. The van der Waals surface area contributed by atoms with Gasteiger partial charge < -0.3 is 0 Å². The van der Waals surface area contributed by atoms with E-state index >= 15 is 0 Å². The zero-order chi connectivity index (χ0) is 15.2. The van der Waals surface area contributed by atoms with Gasteiger partial charge in [-0.2, -0.15) is 5.26 Å². The highest BCUT2D eigenvalue weighted by Crippen LogP contribution is 2.33. The van der Waals surface area contributed by atoms with E-state index < -0.39 is 0 Å². The molecule has 2 nitrogen and oxygen atoms in total. The van der Waals surface area contributed by atoms with E-state index in [1.54, 1.807) is 0 Å². The van der Waals surface area contributed by atoms with Gasteiger partial charge in [0.1, 0.15) is 0 Å². The van der Waals surface area contributed by atoms with Crippen molar-refractivity contribution in [3.8, 4) is 6.07 Å². The molecule has 1 aliphatic heterocycles. The minimum Gasteiger partial charge on any atom is -0.295 e. The highest BCUT2D eigenvalue weighted by Gasteiger charge is 2.28. The number of rotatable bonds is 4. The Morgan fingerprint density at radius 3 is 2.36 bits per heavy atom. The van der Waals surface area contributed by atoms with E-state index in [1.807, 2.05) is 0 Å². The summed E-state index contributed by atoms with van der Waals surface area (Å²) in [7, 11) is 0. The lowest BCUT2D eigenvalue weighted by molar-refractivity contribution is 0.129. The molecule has 1 heterocycles. The van der Waals surface area contributed by atoms with Crippen LogP contribution in [0.5, 0.6) is 0 Å². The Morgan fingerprint density at radius 2 is 1.68 bits per heavy atom. The molecule has 2 heteroatoms. The van der Waals surface area contributed by atoms with Gasteiger partial charge in [0.15, 0.2) is 0 Å². The Labute approximate surface area is 133 Å². The van der Waals surface area contributed by atoms with Gasteiger partial charge in [0.05, 0.1) is 12.5 Å². The second-order valence-electron chi connectivity index (χ2n) is 6.10. The summed E-state index contributed by atoms with van der Waals surface area (Å²) in [6, 6.07) is 24.1. The summed E-state index contributed by atoms with van der Waals surface area (Å²) in [6.45, 7) is 2.02. The highest BCUT2D eigenvalue weighted by atomic mass is 15.2. The van der Waals surface area contributed by atoms with Crippen molar-refractivity contribution in [2.45, 2.75) is 37.8 Å². The van der Waals surface area contributed by atoms with E-state index in [2.05, 4.69) is 71.6 Å². The van der Waals surface area contributed by atoms with Crippen molar-refractivity contribution in [1.29, 1.82) is 5.26 Å². The van der Waals surface area contributed by atoms with Gasteiger partial charge in [-0.05, 0) is 36.4 Å². The van der Waals surface area contributed by atoms with Crippen molar-refractivity contribution in [2.24, 2.45) is 0 Å². The van der Waals surface area contributed by atoms with Crippen molar-refractivity contribution in [2.75, 3.05) is 6.54 Å². The van der Waals surface area contributed by atoms with Crippen molar-refractivity contribution in [3.63, 3.8) is 0 Å². The topological polar surface area (TPSA) is 27.0 Å². The largest absolute Gasteiger partial charge is 0.295 e. The van der Waals surface area contributed by atoms with E-state index in [1.165, 1.54) is 17.5 Å². The molecule has 2 atom stereocenters. The number of nitrogens with zero attached hydrogens (tertiary/aromatic N) is 2. The van der Waals surface area contributed by atoms with Crippen LogP contribution in [0.15, 0.2) is 60.7 Å². The van der Waals surface area contributed by atoms with Crippen LogP contribution < -0.4 is 0 Å². The molecule has 2 aromatic carbocycles. The second-order valence-corrected chi connectivity index (χ2v) is 6.10. The lowest BCUT2D eigenvalue weighted by Crippen LogP contribution is -2.41. The van der Waals surface area contributed by atoms with Crippen LogP contribution in [0.25, 0.3) is 0 Å². The molecule has 1 fully saturated rings. The highest BCUT2D eigenvalue weighted by molar-refractivity contribution is 5.21. The molecule has 22 heavy (non-hydrogen) atoms. The second kappa shape index (κ2) is 7.24. The maximum Gasteiger partial charge on any atom is 0.0638 e. The van der Waals surface area contributed by atoms with E-state index in [0.29, 0.717) is 18.4 Å². The Bertz CT molecular complexity index is 615. The standard InChI is InChI=1S/C20H22N2/c21-13-11-20-15-19(18-9-5-2-6-10-18)12-14-22(20)16-17-7-3-1-4-8-17/h1-10,19-20H,11-12,14-16H2/t19-,20-/m0/s1. The molecule has 0 radical (unpaired) electrons. The fourth-order valence-corrected chi connectivity index (χ4v) is 3.47. The zero-order valence-corrected chi connectivity index (χ0v) is 12.9. The molecule has 0 saturated carbocycles. The van der Waals surface area contributed by atoms with Gasteiger partial charge in [-0.25, -0.2) is 0 Å². The van der Waals surface area contributed by atoms with Crippen molar-refractivity contribution in [3.05, 3.63) is 71.8 Å². The number of hydrogen-bond donors (Lipinski definition) is 0. The van der Waals surface area contributed by atoms with Crippen LogP contribution in [0, 0.1) is 11.3 Å². The summed E-state index contributed by atoms with van der Waals surface area (Å²) in [5.74, 6) is 0.589. The van der Waals surface area contributed by atoms with Crippen molar-refractivity contribution >= 4 is 0 Å². The predicted octanol–water partition coefficient (Wildman–Crippen LogP) is 4.35. The molecular weight excluding hydrogens is 268 g/mol. The van der Waals surface area contributed by atoms with Gasteiger partial charge in [0.2, 0.25) is 0 Å². The Kier molecular flexibility index (Phi) is 4.88. The molecule has 1 aliphatic rings. The summed E-state index contributed by atoms with van der Waals surface area (Å²) in [6.07, 6.45) is 2.89. The molecule has 0 N–H and O–H groups in total. The molecule has 0 amide bonds. The Hall–Kier alpha value is -2.11. The molecule has 2 aromatic rings. The molecule has 0 aliphatic carbocycles. The first-order valence-corrected chi connectivity index (χ1v) is 8.06. The number of hydrogen-bond acceptors (Lipinski definition) is 2. The van der Waals surface area contributed by atoms with Crippen LogP contribution in [-0.2, 0) is 6.54 Å². The smallest absolute Gasteiger partial charge is 0.0638 e. The van der Waals surface area contributed by atoms with Gasteiger partial charge in [0, 0.05) is 12.6 Å².